The number of hydrogen-bond acceptors (Lipinski definition) is 5. The van der Waals surface area contributed by atoms with Gasteiger partial charge in [0, 0.05) is 25.4 Å². The summed E-state index contributed by atoms with van der Waals surface area (Å²) in [6, 6.07) is 0. The van der Waals surface area contributed by atoms with Crippen LogP contribution in [0.1, 0.15) is 18.4 Å². The van der Waals surface area contributed by atoms with Gasteiger partial charge in [-0.2, -0.15) is 4.98 Å². The molecule has 0 radical (unpaired) electrons. The number of anilines is 2. The van der Waals surface area contributed by atoms with Crippen molar-refractivity contribution in [3.63, 3.8) is 0 Å². The van der Waals surface area contributed by atoms with E-state index in [1.54, 1.807) is 13.2 Å². The summed E-state index contributed by atoms with van der Waals surface area (Å²) in [4.78, 5) is 8.47. The van der Waals surface area contributed by atoms with E-state index in [-0.39, 0.29) is 6.10 Å². The molecule has 1 fully saturated rings. The molecular weight excluding hydrogens is 204 g/mol. The molecule has 0 spiro atoms. The summed E-state index contributed by atoms with van der Waals surface area (Å²) in [6.45, 7) is 2.86. The Bertz CT molecular complexity index is 363. The Morgan fingerprint density at radius 2 is 2.25 bits per heavy atom. The Morgan fingerprint density at radius 1 is 1.50 bits per heavy atom. The van der Waals surface area contributed by atoms with E-state index in [1.165, 1.54) is 0 Å². The molecule has 0 aliphatic heterocycles. The Hall–Kier alpha value is -1.36. The first-order valence-electron chi connectivity index (χ1n) is 5.62. The summed E-state index contributed by atoms with van der Waals surface area (Å²) in [6.07, 6.45) is 3.51. The molecule has 0 amide bonds. The normalized spacial score (nSPS) is 23.7. The summed E-state index contributed by atoms with van der Waals surface area (Å²) in [5.41, 5.74) is 1.04. The number of rotatable bonds is 4. The molecule has 1 aromatic rings. The number of aliphatic hydroxyl groups excluding tert-OH is 1. The zero-order valence-electron chi connectivity index (χ0n) is 9.70. The summed E-state index contributed by atoms with van der Waals surface area (Å²) in [5.74, 6) is 2.07. The highest BCUT2D eigenvalue weighted by Crippen LogP contribution is 2.27. The van der Waals surface area contributed by atoms with E-state index in [4.69, 9.17) is 0 Å². The number of aromatic nitrogens is 2. The number of nitrogens with zero attached hydrogens (tertiary/aromatic N) is 2. The third-order valence-electron chi connectivity index (χ3n) is 2.96. The molecule has 0 saturated heterocycles. The minimum absolute atomic E-state index is 0.0915. The molecule has 3 N–H and O–H groups in total. The molecule has 0 atom stereocenters. The topological polar surface area (TPSA) is 70.1 Å². The largest absolute Gasteiger partial charge is 0.393 e. The second-order valence-electron chi connectivity index (χ2n) is 4.35. The third-order valence-corrected chi connectivity index (χ3v) is 2.96. The van der Waals surface area contributed by atoms with Crippen molar-refractivity contribution in [1.29, 1.82) is 0 Å². The van der Waals surface area contributed by atoms with Crippen LogP contribution < -0.4 is 10.6 Å². The van der Waals surface area contributed by atoms with Crippen molar-refractivity contribution in [3.05, 3.63) is 11.8 Å². The van der Waals surface area contributed by atoms with Crippen molar-refractivity contribution in [3.8, 4) is 0 Å². The van der Waals surface area contributed by atoms with E-state index in [1.807, 2.05) is 6.92 Å². The van der Waals surface area contributed by atoms with Crippen LogP contribution in [-0.2, 0) is 0 Å². The average molecular weight is 222 g/mol. The van der Waals surface area contributed by atoms with Gasteiger partial charge in [-0.05, 0) is 25.7 Å². The molecule has 2 rings (SSSR count). The predicted octanol–water partition coefficient (Wildman–Crippen LogP) is 1.01. The van der Waals surface area contributed by atoms with Gasteiger partial charge in [0.2, 0.25) is 5.95 Å². The lowest BCUT2D eigenvalue weighted by Crippen LogP contribution is -2.33. The molecule has 0 bridgehead atoms. The highest BCUT2D eigenvalue weighted by molar-refractivity contribution is 5.46. The zero-order chi connectivity index (χ0) is 11.5. The predicted molar refractivity (Wildman–Crippen MR) is 63.5 cm³/mol. The number of hydrogen-bond donors (Lipinski definition) is 3. The van der Waals surface area contributed by atoms with Crippen molar-refractivity contribution in [1.82, 2.24) is 9.97 Å². The second-order valence-corrected chi connectivity index (χ2v) is 4.35. The number of aryl methyl sites for hydroxylation is 1. The van der Waals surface area contributed by atoms with Crippen LogP contribution >= 0.6 is 0 Å². The molecule has 5 nitrogen and oxygen atoms in total. The maximum absolute atomic E-state index is 9.19. The van der Waals surface area contributed by atoms with Gasteiger partial charge in [-0.3, -0.25) is 0 Å². The maximum Gasteiger partial charge on any atom is 0.224 e. The summed E-state index contributed by atoms with van der Waals surface area (Å²) < 4.78 is 0. The van der Waals surface area contributed by atoms with E-state index in [2.05, 4.69) is 20.6 Å². The standard InChI is InChI=1S/C11H18N4O/c1-7-5-14-11(12-2)15-10(7)13-6-8-3-9(16)4-8/h5,8-9,16H,3-4,6H2,1-2H3,(H2,12,13,14,15). The summed E-state index contributed by atoms with van der Waals surface area (Å²) in [7, 11) is 1.80. The molecule has 0 aromatic carbocycles. The lowest BCUT2D eigenvalue weighted by Gasteiger charge is -2.31. The highest BCUT2D eigenvalue weighted by atomic mass is 16.3. The van der Waals surface area contributed by atoms with Crippen molar-refractivity contribution in [2.45, 2.75) is 25.9 Å². The zero-order valence-corrected chi connectivity index (χ0v) is 9.70. The molecule has 0 unspecified atom stereocenters. The van der Waals surface area contributed by atoms with Crippen LogP contribution in [0.2, 0.25) is 0 Å². The smallest absolute Gasteiger partial charge is 0.224 e. The molecule has 88 valence electrons. The van der Waals surface area contributed by atoms with Crippen LogP contribution in [0.4, 0.5) is 11.8 Å². The van der Waals surface area contributed by atoms with Crippen molar-refractivity contribution in [2.75, 3.05) is 24.2 Å². The molecule has 5 heteroatoms. The van der Waals surface area contributed by atoms with Crippen molar-refractivity contribution >= 4 is 11.8 Å². The Kier molecular flexibility index (Phi) is 3.24. The van der Waals surface area contributed by atoms with E-state index >= 15 is 0 Å². The molecular formula is C11H18N4O. The quantitative estimate of drug-likeness (QED) is 0.709. The molecule has 1 aliphatic carbocycles. The Labute approximate surface area is 95.3 Å². The monoisotopic (exact) mass is 222 g/mol. The first-order chi connectivity index (χ1) is 7.69. The second kappa shape index (κ2) is 4.65. The number of nitrogens with one attached hydrogen (secondary N) is 2. The minimum atomic E-state index is -0.0915. The van der Waals surface area contributed by atoms with Crippen LogP contribution in [-0.4, -0.2) is 34.8 Å². The number of aliphatic hydroxyl groups is 1. The summed E-state index contributed by atoms with van der Waals surface area (Å²) >= 11 is 0. The fourth-order valence-electron chi connectivity index (χ4n) is 1.85. The van der Waals surface area contributed by atoms with Crippen LogP contribution in [0.25, 0.3) is 0 Å². The van der Waals surface area contributed by atoms with Crippen LogP contribution in [0, 0.1) is 12.8 Å². The Morgan fingerprint density at radius 3 is 2.88 bits per heavy atom. The van der Waals surface area contributed by atoms with Gasteiger partial charge >= 0.3 is 0 Å². The van der Waals surface area contributed by atoms with E-state index in [0.29, 0.717) is 11.9 Å². The first-order valence-corrected chi connectivity index (χ1v) is 5.62. The Balaban J connectivity index is 1.92. The minimum Gasteiger partial charge on any atom is -0.393 e. The lowest BCUT2D eigenvalue weighted by atomic mass is 9.82. The molecule has 16 heavy (non-hydrogen) atoms. The first kappa shape index (κ1) is 11.1. The van der Waals surface area contributed by atoms with Crippen molar-refractivity contribution < 1.29 is 5.11 Å². The molecule has 1 heterocycles. The third kappa shape index (κ3) is 2.41. The van der Waals surface area contributed by atoms with E-state index < -0.39 is 0 Å². The van der Waals surface area contributed by atoms with E-state index in [9.17, 15) is 5.11 Å². The van der Waals surface area contributed by atoms with Gasteiger partial charge in [-0.25, -0.2) is 4.98 Å². The molecule has 1 aliphatic rings. The van der Waals surface area contributed by atoms with Crippen LogP contribution in [0.3, 0.4) is 0 Å². The van der Waals surface area contributed by atoms with Gasteiger partial charge < -0.3 is 15.7 Å². The summed E-state index contributed by atoms with van der Waals surface area (Å²) in [5, 5.41) is 15.4. The average Bonchev–Trinajstić information content (AvgIpc) is 2.25. The fourth-order valence-corrected chi connectivity index (χ4v) is 1.85. The van der Waals surface area contributed by atoms with Gasteiger partial charge in [-0.1, -0.05) is 0 Å². The van der Waals surface area contributed by atoms with E-state index in [0.717, 1.165) is 30.8 Å². The van der Waals surface area contributed by atoms with Gasteiger partial charge in [0.1, 0.15) is 5.82 Å². The van der Waals surface area contributed by atoms with Gasteiger partial charge in [0.15, 0.2) is 0 Å². The SMILES string of the molecule is CNc1ncc(C)c(NCC2CC(O)C2)n1. The van der Waals surface area contributed by atoms with Gasteiger partial charge in [0.05, 0.1) is 6.10 Å². The van der Waals surface area contributed by atoms with Crippen LogP contribution in [0.5, 0.6) is 0 Å². The maximum atomic E-state index is 9.19. The highest BCUT2D eigenvalue weighted by Gasteiger charge is 2.26. The molecule has 1 aromatic heterocycles. The van der Waals surface area contributed by atoms with Crippen LogP contribution in [0.15, 0.2) is 6.20 Å². The van der Waals surface area contributed by atoms with Crippen molar-refractivity contribution in [2.24, 2.45) is 5.92 Å². The molecule has 1 saturated carbocycles. The van der Waals surface area contributed by atoms with Gasteiger partial charge in [-0.15, -0.1) is 0 Å². The lowest BCUT2D eigenvalue weighted by molar-refractivity contribution is 0.0486. The fraction of sp³-hybridized carbons (Fsp3) is 0.636. The van der Waals surface area contributed by atoms with Gasteiger partial charge in [0.25, 0.3) is 0 Å².